The van der Waals surface area contributed by atoms with Gasteiger partial charge in [-0.05, 0) is 146 Å². The van der Waals surface area contributed by atoms with Gasteiger partial charge in [-0.1, -0.05) is 131 Å². The van der Waals surface area contributed by atoms with Crippen molar-refractivity contribution < 1.29 is 14.9 Å². The van der Waals surface area contributed by atoms with Gasteiger partial charge in [0.05, 0.1) is 28.5 Å². The fourth-order valence-electron chi connectivity index (χ4n) is 10.2. The lowest BCUT2D eigenvalue weighted by Crippen LogP contribution is -2.19. The van der Waals surface area contributed by atoms with Gasteiger partial charge in [0.1, 0.15) is 17.2 Å². The van der Waals surface area contributed by atoms with Gasteiger partial charge >= 0.3 is 0 Å². The predicted octanol–water partition coefficient (Wildman–Crippen LogP) is 16.5. The first-order valence-corrected chi connectivity index (χ1v) is 24.3. The Kier molecular flexibility index (Phi) is 14.4. The molecule has 1 aliphatic rings. The SMILES string of the molecule is C=C.CCc1ccc(CC(C)C[C@H](C)Oc2ccc(CC)cc2-c2cc(C)cc(-n3c4ccccc4c4ccccc43)c2O)c(-c2cc(C)cc(N3C/C=C\C=C/C(C)c4ccccc43)c2O)c1. The molecule has 0 saturated heterocycles. The fourth-order valence-corrected chi connectivity index (χ4v) is 10.2. The maximum absolute atomic E-state index is 12.4. The maximum atomic E-state index is 12.4. The summed E-state index contributed by atoms with van der Waals surface area (Å²) in [6, 6.07) is 47.0. The van der Waals surface area contributed by atoms with E-state index >= 15 is 0 Å². The van der Waals surface area contributed by atoms with E-state index in [0.717, 1.165) is 104 Å². The molecule has 9 rings (SSSR count). The summed E-state index contributed by atoms with van der Waals surface area (Å²) < 4.78 is 9.12. The smallest absolute Gasteiger partial charge is 0.147 e. The number of aryl methyl sites for hydroxylation is 4. The van der Waals surface area contributed by atoms with E-state index in [2.05, 4.69) is 229 Å². The lowest BCUT2D eigenvalue weighted by atomic mass is 9.88. The summed E-state index contributed by atoms with van der Waals surface area (Å²) in [6.07, 6.45) is 11.9. The molecular weight excluding hydrogens is 833 g/mol. The lowest BCUT2D eigenvalue weighted by Gasteiger charge is -2.29. The Morgan fingerprint density at radius 2 is 1.21 bits per heavy atom. The zero-order valence-corrected chi connectivity index (χ0v) is 40.9. The summed E-state index contributed by atoms with van der Waals surface area (Å²) in [7, 11) is 0. The molecule has 1 aliphatic heterocycles. The highest BCUT2D eigenvalue weighted by atomic mass is 16.5. The molecule has 0 aliphatic carbocycles. The third-order valence-corrected chi connectivity index (χ3v) is 13.5. The number of hydrogen-bond acceptors (Lipinski definition) is 4. The molecular formula is C63H66N2O3. The van der Waals surface area contributed by atoms with Crippen molar-refractivity contribution in [1.82, 2.24) is 4.57 Å². The molecule has 3 atom stereocenters. The number of fused-ring (bicyclic) bond motifs is 4. The number of benzene rings is 7. The first-order valence-electron chi connectivity index (χ1n) is 24.3. The van der Waals surface area contributed by atoms with Crippen LogP contribution in [0.4, 0.5) is 11.4 Å². The average molecular weight is 899 g/mol. The highest BCUT2D eigenvalue weighted by Crippen LogP contribution is 2.47. The van der Waals surface area contributed by atoms with Crippen LogP contribution in [0.15, 0.2) is 171 Å². The largest absolute Gasteiger partial charge is 0.505 e. The highest BCUT2D eigenvalue weighted by molar-refractivity contribution is 6.09. The number of phenolic OH excluding ortho intramolecular Hbond substituents is 2. The van der Waals surface area contributed by atoms with Crippen LogP contribution >= 0.6 is 0 Å². The second kappa shape index (κ2) is 20.7. The molecule has 68 heavy (non-hydrogen) atoms. The van der Waals surface area contributed by atoms with Crippen molar-refractivity contribution in [2.75, 3.05) is 11.4 Å². The number of nitrogens with zero attached hydrogens (tertiary/aromatic N) is 2. The number of anilines is 2. The Hall–Kier alpha value is -7.24. The normalized spacial score (nSPS) is 15.3. The predicted molar refractivity (Wildman–Crippen MR) is 289 cm³/mol. The number of hydrogen-bond donors (Lipinski definition) is 2. The van der Waals surface area contributed by atoms with Crippen LogP contribution in [0.3, 0.4) is 0 Å². The number of rotatable bonds is 12. The molecule has 7 aromatic carbocycles. The molecule has 346 valence electrons. The molecule has 8 aromatic rings. The Labute approximate surface area is 404 Å². The zero-order chi connectivity index (χ0) is 48.1. The van der Waals surface area contributed by atoms with Crippen molar-refractivity contribution in [3.05, 3.63) is 204 Å². The topological polar surface area (TPSA) is 57.9 Å². The van der Waals surface area contributed by atoms with E-state index in [1.54, 1.807) is 0 Å². The van der Waals surface area contributed by atoms with E-state index in [9.17, 15) is 10.2 Å². The van der Waals surface area contributed by atoms with E-state index in [1.807, 2.05) is 0 Å². The summed E-state index contributed by atoms with van der Waals surface area (Å²) in [5.74, 6) is 1.76. The van der Waals surface area contributed by atoms with Gasteiger partial charge in [0.15, 0.2) is 0 Å². The number of ether oxygens (including phenoxy) is 1. The van der Waals surface area contributed by atoms with E-state index < -0.39 is 0 Å². The van der Waals surface area contributed by atoms with Crippen molar-refractivity contribution >= 4 is 33.2 Å². The van der Waals surface area contributed by atoms with Crippen molar-refractivity contribution in [2.24, 2.45) is 5.92 Å². The van der Waals surface area contributed by atoms with Gasteiger partial charge in [-0.3, -0.25) is 0 Å². The first kappa shape index (κ1) is 47.3. The number of para-hydroxylation sites is 3. The number of aromatic hydroxyl groups is 2. The van der Waals surface area contributed by atoms with Gasteiger partial charge in [-0.15, -0.1) is 13.2 Å². The van der Waals surface area contributed by atoms with Crippen molar-refractivity contribution in [3.63, 3.8) is 0 Å². The third kappa shape index (κ3) is 9.49. The molecule has 0 amide bonds. The Balaban J connectivity index is 0.00000308. The van der Waals surface area contributed by atoms with Gasteiger partial charge in [-0.2, -0.15) is 0 Å². The monoisotopic (exact) mass is 899 g/mol. The van der Waals surface area contributed by atoms with Gasteiger partial charge in [0.2, 0.25) is 0 Å². The standard InChI is InChI=1S/C61H62N2O3.C2H4/c1-8-44-26-28-46(50(37-44)52-33-40(4)35-57(60(52)64)62-30-18-10-11-19-42(6)47-20-12-15-23-54(47)62)32-39(3)31-43(7)66-59-29-27-45(9-2)38-51(59)53-34-41(5)36-58(61(53)65)63-55-24-16-13-21-48(55)49-22-14-17-25-56(49)63;1-2/h10-29,33-39,42-43,64-65H,8-9,30-32H2,1-7H3;1-2H2/b18-10-,19-11-;/t39?,42?,43-;/m0./s1. The molecule has 0 bridgehead atoms. The second-order valence-corrected chi connectivity index (χ2v) is 18.5. The number of phenols is 2. The van der Waals surface area contributed by atoms with E-state index in [4.69, 9.17) is 4.74 Å². The minimum Gasteiger partial charge on any atom is -0.505 e. The van der Waals surface area contributed by atoms with Gasteiger partial charge < -0.3 is 24.4 Å². The molecule has 2 unspecified atom stereocenters. The van der Waals surface area contributed by atoms with Crippen LogP contribution in [0.25, 0.3) is 49.7 Å². The summed E-state index contributed by atoms with van der Waals surface area (Å²) in [6.45, 7) is 21.9. The maximum Gasteiger partial charge on any atom is 0.147 e. The third-order valence-electron chi connectivity index (χ3n) is 13.5. The second-order valence-electron chi connectivity index (χ2n) is 18.5. The molecule has 0 spiro atoms. The van der Waals surface area contributed by atoms with Gasteiger partial charge in [0, 0.05) is 45.6 Å². The van der Waals surface area contributed by atoms with Crippen LogP contribution in [0.1, 0.15) is 80.3 Å². The van der Waals surface area contributed by atoms with Crippen LogP contribution < -0.4 is 9.64 Å². The minimum atomic E-state index is -0.117. The van der Waals surface area contributed by atoms with Gasteiger partial charge in [0.25, 0.3) is 0 Å². The molecule has 0 saturated carbocycles. The Bertz CT molecular complexity index is 3100. The van der Waals surface area contributed by atoms with Gasteiger partial charge in [-0.25, -0.2) is 0 Å². The Morgan fingerprint density at radius 1 is 0.632 bits per heavy atom. The number of allylic oxidation sites excluding steroid dienone is 3. The van der Waals surface area contributed by atoms with Crippen LogP contribution in [-0.4, -0.2) is 27.4 Å². The lowest BCUT2D eigenvalue weighted by molar-refractivity contribution is 0.190. The fraction of sp³-hybridized carbons (Fsp3) is 0.238. The molecule has 1 aromatic heterocycles. The minimum absolute atomic E-state index is 0.117. The zero-order valence-electron chi connectivity index (χ0n) is 40.9. The molecule has 0 fully saturated rings. The molecule has 0 radical (unpaired) electrons. The quantitative estimate of drug-likeness (QED) is 0.120. The Morgan fingerprint density at radius 3 is 1.88 bits per heavy atom. The molecule has 2 heterocycles. The van der Waals surface area contributed by atoms with E-state index in [1.165, 1.54) is 22.3 Å². The van der Waals surface area contributed by atoms with Crippen LogP contribution in [-0.2, 0) is 19.3 Å². The van der Waals surface area contributed by atoms with E-state index in [-0.39, 0.29) is 23.7 Å². The van der Waals surface area contributed by atoms with Crippen LogP contribution in [0, 0.1) is 19.8 Å². The van der Waals surface area contributed by atoms with Crippen molar-refractivity contribution in [2.45, 2.75) is 86.2 Å². The van der Waals surface area contributed by atoms with Crippen molar-refractivity contribution in [1.29, 1.82) is 0 Å². The molecule has 5 nitrogen and oxygen atoms in total. The summed E-state index contributed by atoms with van der Waals surface area (Å²) in [5.41, 5.74) is 15.3. The summed E-state index contributed by atoms with van der Waals surface area (Å²) >= 11 is 0. The average Bonchev–Trinajstić information content (AvgIpc) is 3.72. The highest BCUT2D eigenvalue weighted by Gasteiger charge is 2.25. The van der Waals surface area contributed by atoms with Crippen LogP contribution in [0.2, 0.25) is 0 Å². The van der Waals surface area contributed by atoms with Crippen molar-refractivity contribution in [3.8, 4) is 45.2 Å². The number of aromatic nitrogens is 1. The van der Waals surface area contributed by atoms with E-state index in [0.29, 0.717) is 12.3 Å². The molecule has 5 heteroatoms. The first-order chi connectivity index (χ1) is 33.0. The summed E-state index contributed by atoms with van der Waals surface area (Å²) in [4.78, 5) is 2.26. The van der Waals surface area contributed by atoms with Crippen LogP contribution in [0.5, 0.6) is 17.2 Å². The molecule has 2 N–H and O–H groups in total. The summed E-state index contributed by atoms with van der Waals surface area (Å²) in [5, 5.41) is 27.1.